The number of aromatic nitrogens is 2. The van der Waals surface area contributed by atoms with E-state index in [1.807, 2.05) is 17.8 Å². The number of fused-ring (bicyclic) bond motifs is 1. The van der Waals surface area contributed by atoms with Gasteiger partial charge in [0, 0.05) is 12.7 Å². The number of rotatable bonds is 3. The fourth-order valence-corrected chi connectivity index (χ4v) is 2.27. The van der Waals surface area contributed by atoms with Gasteiger partial charge in [-0.15, -0.1) is 0 Å². The van der Waals surface area contributed by atoms with E-state index in [2.05, 4.69) is 5.10 Å². The van der Waals surface area contributed by atoms with Crippen molar-refractivity contribution in [3.8, 4) is 0 Å². The van der Waals surface area contributed by atoms with Gasteiger partial charge in [-0.1, -0.05) is 0 Å². The van der Waals surface area contributed by atoms with Crippen LogP contribution in [0.2, 0.25) is 0 Å². The number of hydrogen-bond acceptors (Lipinski definition) is 2. The van der Waals surface area contributed by atoms with Crippen molar-refractivity contribution in [3.05, 3.63) is 17.5 Å². The van der Waals surface area contributed by atoms with Crippen molar-refractivity contribution in [2.24, 2.45) is 0 Å². The Labute approximate surface area is 88.9 Å². The molecule has 0 saturated heterocycles. The molecule has 1 aromatic heterocycles. The van der Waals surface area contributed by atoms with Gasteiger partial charge >= 0.3 is 5.97 Å². The molecule has 0 bridgehead atoms. The second-order valence-electron chi connectivity index (χ2n) is 4.07. The molecular weight excluding hydrogens is 192 g/mol. The molecule has 0 spiro atoms. The number of aliphatic carboxylic acids is 1. The fraction of sp³-hybridized carbons (Fsp3) is 0.636. The third-order valence-corrected chi connectivity index (χ3v) is 3.02. The molecule has 1 unspecified atom stereocenters. The second-order valence-corrected chi connectivity index (χ2v) is 4.07. The van der Waals surface area contributed by atoms with Gasteiger partial charge in [-0.25, -0.2) is 0 Å². The van der Waals surface area contributed by atoms with Crippen LogP contribution in [0.5, 0.6) is 0 Å². The van der Waals surface area contributed by atoms with E-state index in [1.54, 1.807) is 0 Å². The maximum absolute atomic E-state index is 10.7. The number of carboxylic acid groups (broad SMARTS) is 1. The van der Waals surface area contributed by atoms with Gasteiger partial charge in [-0.05, 0) is 37.7 Å². The summed E-state index contributed by atoms with van der Waals surface area (Å²) < 4.78 is 1.91. The van der Waals surface area contributed by atoms with Crippen molar-refractivity contribution in [2.75, 3.05) is 0 Å². The summed E-state index contributed by atoms with van der Waals surface area (Å²) in [5.74, 6) is -0.538. The second kappa shape index (κ2) is 4.04. The molecule has 1 aliphatic rings. The minimum absolute atomic E-state index is 0.173. The largest absolute Gasteiger partial charge is 0.481 e. The number of carboxylic acids is 1. The van der Waals surface area contributed by atoms with E-state index in [-0.39, 0.29) is 12.3 Å². The zero-order valence-corrected chi connectivity index (χ0v) is 8.94. The first-order valence-electron chi connectivity index (χ1n) is 5.48. The van der Waals surface area contributed by atoms with Gasteiger partial charge in [0.1, 0.15) is 0 Å². The molecule has 1 aliphatic carbocycles. The van der Waals surface area contributed by atoms with Gasteiger partial charge in [0.05, 0.1) is 12.1 Å². The van der Waals surface area contributed by atoms with E-state index in [1.165, 1.54) is 0 Å². The van der Waals surface area contributed by atoms with Crippen molar-refractivity contribution >= 4 is 5.97 Å². The first kappa shape index (κ1) is 10.2. The van der Waals surface area contributed by atoms with Crippen molar-refractivity contribution in [3.63, 3.8) is 0 Å². The van der Waals surface area contributed by atoms with Crippen LogP contribution in [0.4, 0.5) is 0 Å². The summed E-state index contributed by atoms with van der Waals surface area (Å²) in [6, 6.07) is 0. The predicted molar refractivity (Wildman–Crippen MR) is 55.8 cm³/mol. The summed E-state index contributed by atoms with van der Waals surface area (Å²) in [5, 5.41) is 13.3. The topological polar surface area (TPSA) is 55.1 Å². The smallest absolute Gasteiger partial charge is 0.303 e. The third-order valence-electron chi connectivity index (χ3n) is 3.02. The molecule has 15 heavy (non-hydrogen) atoms. The highest BCUT2D eigenvalue weighted by Crippen LogP contribution is 2.33. The lowest BCUT2D eigenvalue weighted by molar-refractivity contribution is -0.137. The molecule has 0 amide bonds. The minimum Gasteiger partial charge on any atom is -0.481 e. The summed E-state index contributed by atoms with van der Waals surface area (Å²) in [6.45, 7) is 2.90. The summed E-state index contributed by atoms with van der Waals surface area (Å²) in [5.41, 5.74) is 2.26. The van der Waals surface area contributed by atoms with Crippen LogP contribution in [0, 0.1) is 0 Å². The molecule has 0 fully saturated rings. The number of nitrogens with zero attached hydrogens (tertiary/aromatic N) is 2. The van der Waals surface area contributed by atoms with Crippen molar-refractivity contribution in [1.29, 1.82) is 0 Å². The van der Waals surface area contributed by atoms with E-state index in [4.69, 9.17) is 5.11 Å². The standard InChI is InChI=1S/C11H16N2O2/c1-2-13-7-9-8(6-11(14)15)4-3-5-10(9)12-13/h7-8H,2-6H2,1H3,(H,14,15). The Morgan fingerprint density at radius 3 is 3.20 bits per heavy atom. The molecule has 0 saturated carbocycles. The van der Waals surface area contributed by atoms with Crippen LogP contribution in [0.3, 0.4) is 0 Å². The van der Waals surface area contributed by atoms with E-state index in [0.717, 1.165) is 37.1 Å². The lowest BCUT2D eigenvalue weighted by Gasteiger charge is -2.19. The molecule has 4 nitrogen and oxygen atoms in total. The van der Waals surface area contributed by atoms with Crippen LogP contribution in [0.15, 0.2) is 6.20 Å². The van der Waals surface area contributed by atoms with Gasteiger partial charge in [-0.2, -0.15) is 5.10 Å². The average Bonchev–Trinajstić information content (AvgIpc) is 2.61. The van der Waals surface area contributed by atoms with Crippen LogP contribution < -0.4 is 0 Å². The first-order valence-corrected chi connectivity index (χ1v) is 5.48. The van der Waals surface area contributed by atoms with Gasteiger partial charge in [0.2, 0.25) is 0 Å². The minimum atomic E-state index is -0.711. The van der Waals surface area contributed by atoms with Gasteiger partial charge in [0.15, 0.2) is 0 Å². The quantitative estimate of drug-likeness (QED) is 0.824. The van der Waals surface area contributed by atoms with Crippen LogP contribution in [-0.4, -0.2) is 20.9 Å². The number of hydrogen-bond donors (Lipinski definition) is 1. The summed E-state index contributed by atoms with van der Waals surface area (Å²) in [4.78, 5) is 10.7. The van der Waals surface area contributed by atoms with Crippen LogP contribution in [-0.2, 0) is 17.8 Å². The number of carbonyl (C=O) groups is 1. The Hall–Kier alpha value is -1.32. The Morgan fingerprint density at radius 2 is 2.53 bits per heavy atom. The molecule has 1 heterocycles. The molecule has 82 valence electrons. The third kappa shape index (κ3) is 2.03. The highest BCUT2D eigenvalue weighted by Gasteiger charge is 2.25. The Kier molecular flexibility index (Phi) is 2.75. The Bertz CT molecular complexity index is 371. The maximum Gasteiger partial charge on any atom is 0.303 e. The van der Waals surface area contributed by atoms with Crippen LogP contribution >= 0.6 is 0 Å². The van der Waals surface area contributed by atoms with Crippen LogP contribution in [0.1, 0.15) is 43.4 Å². The normalized spacial score (nSPS) is 19.9. The van der Waals surface area contributed by atoms with E-state index in [9.17, 15) is 4.79 Å². The van der Waals surface area contributed by atoms with E-state index < -0.39 is 5.97 Å². The monoisotopic (exact) mass is 208 g/mol. The molecule has 1 atom stereocenters. The van der Waals surface area contributed by atoms with E-state index >= 15 is 0 Å². The molecule has 0 radical (unpaired) electrons. The summed E-state index contributed by atoms with van der Waals surface area (Å²) >= 11 is 0. The molecule has 0 aliphatic heterocycles. The predicted octanol–water partition coefficient (Wildman–Crippen LogP) is 1.80. The highest BCUT2D eigenvalue weighted by molar-refractivity contribution is 5.68. The molecule has 0 aromatic carbocycles. The highest BCUT2D eigenvalue weighted by atomic mass is 16.4. The van der Waals surface area contributed by atoms with Crippen molar-refractivity contribution in [2.45, 2.75) is 45.1 Å². The molecule has 1 N–H and O–H groups in total. The molecular formula is C11H16N2O2. The zero-order valence-electron chi connectivity index (χ0n) is 8.94. The maximum atomic E-state index is 10.7. The molecule has 4 heteroatoms. The Balaban J connectivity index is 2.24. The molecule has 1 aromatic rings. The lowest BCUT2D eigenvalue weighted by atomic mass is 9.85. The van der Waals surface area contributed by atoms with E-state index in [0.29, 0.717) is 0 Å². The summed E-state index contributed by atoms with van der Waals surface area (Å²) in [7, 11) is 0. The molecule has 2 rings (SSSR count). The van der Waals surface area contributed by atoms with Gasteiger partial charge in [-0.3, -0.25) is 9.48 Å². The van der Waals surface area contributed by atoms with Gasteiger partial charge in [0.25, 0.3) is 0 Å². The summed E-state index contributed by atoms with van der Waals surface area (Å²) in [6.07, 6.45) is 5.29. The van der Waals surface area contributed by atoms with Gasteiger partial charge < -0.3 is 5.11 Å². The average molecular weight is 208 g/mol. The van der Waals surface area contributed by atoms with Crippen LogP contribution in [0.25, 0.3) is 0 Å². The number of aryl methyl sites for hydroxylation is 2. The lowest BCUT2D eigenvalue weighted by Crippen LogP contribution is -2.12. The zero-order chi connectivity index (χ0) is 10.8. The van der Waals surface area contributed by atoms with Crippen molar-refractivity contribution < 1.29 is 9.90 Å². The Morgan fingerprint density at radius 1 is 1.73 bits per heavy atom. The van der Waals surface area contributed by atoms with Crippen molar-refractivity contribution in [1.82, 2.24) is 9.78 Å². The SMILES string of the molecule is CCn1cc2c(n1)CCCC2CC(=O)O. The first-order chi connectivity index (χ1) is 7.20. The fourth-order valence-electron chi connectivity index (χ4n) is 2.27.